The highest BCUT2D eigenvalue weighted by Gasteiger charge is 2.32. The molecule has 3 saturated heterocycles. The van der Waals surface area contributed by atoms with Crippen LogP contribution in [0.2, 0.25) is 0 Å². The molecule has 3 atom stereocenters. The van der Waals surface area contributed by atoms with Crippen molar-refractivity contribution in [3.63, 3.8) is 0 Å². The van der Waals surface area contributed by atoms with Crippen molar-refractivity contribution >= 4 is 95.4 Å². The summed E-state index contributed by atoms with van der Waals surface area (Å²) in [5.74, 6) is 1.05. The zero-order chi connectivity index (χ0) is 88.2. The van der Waals surface area contributed by atoms with Gasteiger partial charge in [-0.2, -0.15) is 18.4 Å². The number of morpholine rings is 1. The van der Waals surface area contributed by atoms with Gasteiger partial charge in [-0.05, 0) is 202 Å². The molecule has 8 N–H and O–H groups in total. The predicted molar refractivity (Wildman–Crippen MR) is 484 cm³/mol. The first kappa shape index (κ1) is 84.9. The van der Waals surface area contributed by atoms with Crippen molar-refractivity contribution in [1.82, 2.24) is 90.6 Å². The number of hydrogen-bond acceptors (Lipinski definition) is 17. The third-order valence-electron chi connectivity index (χ3n) is 23.0. The molecule has 1 aliphatic carbocycles. The smallest absolute Gasteiger partial charge is 0.372 e. The first-order valence-corrected chi connectivity index (χ1v) is 42.7. The van der Waals surface area contributed by atoms with Crippen LogP contribution in [0.15, 0.2) is 255 Å². The highest BCUT2D eigenvalue weighted by Crippen LogP contribution is 2.34. The predicted octanol–water partition coefficient (Wildman–Crippen LogP) is 18.5. The summed E-state index contributed by atoms with van der Waals surface area (Å²) >= 11 is 0. The number of tetrazole rings is 1. The summed E-state index contributed by atoms with van der Waals surface area (Å²) < 4.78 is 44.3. The van der Waals surface area contributed by atoms with Gasteiger partial charge in [0.25, 0.3) is 11.8 Å². The Kier molecular flexibility index (Phi) is 25.5. The summed E-state index contributed by atoms with van der Waals surface area (Å²) in [4.78, 5) is 122. The number of nitrogens with zero attached hydrogens (tertiary/aromatic N) is 11. The van der Waals surface area contributed by atoms with E-state index in [0.29, 0.717) is 89.8 Å². The number of benzene rings is 6. The van der Waals surface area contributed by atoms with Gasteiger partial charge in [0.2, 0.25) is 5.91 Å². The van der Waals surface area contributed by atoms with Crippen molar-refractivity contribution < 1.29 is 46.7 Å². The minimum absolute atomic E-state index is 0.0356. The van der Waals surface area contributed by atoms with Gasteiger partial charge in [0.15, 0.2) is 29.0 Å². The molecule has 4 aliphatic rings. The zero-order valence-electron chi connectivity index (χ0n) is 70.1. The summed E-state index contributed by atoms with van der Waals surface area (Å²) in [6, 6.07) is 68.1. The van der Waals surface area contributed by atoms with E-state index in [9.17, 15) is 41.9 Å². The van der Waals surface area contributed by atoms with Gasteiger partial charge in [-0.15, -0.1) is 10.2 Å². The maximum absolute atomic E-state index is 13.1. The number of halogens is 3. The molecule has 3 amide bonds. The monoisotopic (exact) mass is 1710 g/mol. The second-order valence-electron chi connectivity index (χ2n) is 32.2. The van der Waals surface area contributed by atoms with Crippen LogP contribution in [-0.2, 0) is 28.5 Å². The summed E-state index contributed by atoms with van der Waals surface area (Å²) in [6.45, 7) is 7.42. The summed E-state index contributed by atoms with van der Waals surface area (Å²) in [5.41, 5.74) is 15.1. The Hall–Kier alpha value is -15.3. The number of H-pyrrole nitrogens is 6. The molecule has 0 radical (unpaired) electrons. The van der Waals surface area contributed by atoms with Gasteiger partial charge in [0.1, 0.15) is 40.3 Å². The molecule has 21 rings (SSSR count). The Morgan fingerprint density at radius 1 is 0.445 bits per heavy atom. The molecule has 11 aromatic heterocycles. The second-order valence-corrected chi connectivity index (χ2v) is 32.2. The van der Waals surface area contributed by atoms with Crippen molar-refractivity contribution in [1.29, 1.82) is 0 Å². The van der Waals surface area contributed by atoms with E-state index in [1.807, 2.05) is 206 Å². The number of Topliss-reactive ketones (excluding diaryl/α,β-unsaturated/α-hetero) is 3. The molecular formula is C99H90F3N19O7. The quantitative estimate of drug-likeness (QED) is 0.0370. The van der Waals surface area contributed by atoms with Crippen LogP contribution in [0.5, 0.6) is 0 Å². The molecule has 4 fully saturated rings. The van der Waals surface area contributed by atoms with Crippen molar-refractivity contribution in [2.45, 2.75) is 102 Å². The van der Waals surface area contributed by atoms with E-state index in [-0.39, 0.29) is 65.8 Å². The fourth-order valence-corrected chi connectivity index (χ4v) is 16.4. The minimum Gasteiger partial charge on any atom is -0.372 e. The number of aromatic amines is 6. The average molecular weight is 1710 g/mol. The van der Waals surface area contributed by atoms with Gasteiger partial charge in [0, 0.05) is 165 Å². The average Bonchev–Trinajstić information content (AvgIpc) is 1.50. The lowest BCUT2D eigenvalue weighted by Crippen LogP contribution is -2.48. The third kappa shape index (κ3) is 20.6. The zero-order valence-corrected chi connectivity index (χ0v) is 70.1. The van der Waals surface area contributed by atoms with Crippen LogP contribution in [0.3, 0.4) is 0 Å². The van der Waals surface area contributed by atoms with Gasteiger partial charge in [-0.1, -0.05) is 91.6 Å². The highest BCUT2D eigenvalue weighted by molar-refractivity contribution is 6.00. The number of pyridine rings is 4. The number of ketones is 3. The van der Waals surface area contributed by atoms with E-state index < -0.39 is 17.8 Å². The molecule has 0 spiro atoms. The van der Waals surface area contributed by atoms with Gasteiger partial charge in [0.05, 0.1) is 47.0 Å². The largest absolute Gasteiger partial charge is 0.416 e. The minimum atomic E-state index is -4.45. The Morgan fingerprint density at radius 2 is 0.875 bits per heavy atom. The number of likely N-dealkylation sites (tertiary alicyclic amines) is 1. The molecule has 0 bridgehead atoms. The Morgan fingerprint density at radius 3 is 1.32 bits per heavy atom. The lowest BCUT2D eigenvalue weighted by molar-refractivity contribution is -0.137. The summed E-state index contributed by atoms with van der Waals surface area (Å²) in [7, 11) is 0. The number of fused-ring (bicyclic) bond motifs is 5. The van der Waals surface area contributed by atoms with E-state index in [0.717, 1.165) is 138 Å². The molecule has 644 valence electrons. The number of carbonyl (C=O) groups is 6. The fourth-order valence-electron chi connectivity index (χ4n) is 16.4. The number of ether oxygens (including phenoxy) is 1. The summed E-state index contributed by atoms with van der Waals surface area (Å²) in [6.07, 6.45) is 13.4. The van der Waals surface area contributed by atoms with Crippen molar-refractivity contribution in [2.75, 3.05) is 38.0 Å². The molecule has 128 heavy (non-hydrogen) atoms. The van der Waals surface area contributed by atoms with Crippen LogP contribution >= 0.6 is 0 Å². The van der Waals surface area contributed by atoms with Crippen LogP contribution in [0.1, 0.15) is 135 Å². The number of hydrogen-bond donors (Lipinski definition) is 8. The van der Waals surface area contributed by atoms with E-state index in [1.54, 1.807) is 18.2 Å². The van der Waals surface area contributed by atoms with E-state index in [2.05, 4.69) is 110 Å². The Bertz CT molecular complexity index is 6850. The maximum atomic E-state index is 13.1. The molecule has 6 aromatic carbocycles. The SMILES string of the molecule is CC1CN(C(=O)c2cccc(-c3ccc4[nH]ccc4c3)n2)CC(C)O1.O=C(CC1CCCC1)c1cccc(-c2ccc3[nH]ccc3c2)n1.O=C(Cc1ccc(C(F)(F)F)cc1)c1cc(NC2CCNC2=O)nc(-c2ccc3[nH]ccc3c2)n1.O=C(Cc1nn[nH]n1)c1cccc(-c2ccc3[nH]ccc3c2)n1.O=C(c1cccc(-c2ccc3[nH]ccc3c2)n1)N1CCCC1. The van der Waals surface area contributed by atoms with Gasteiger partial charge < -0.3 is 50.1 Å². The molecular weight excluding hydrogens is 1620 g/mol. The number of carbonyl (C=O) groups excluding carboxylic acids is 6. The van der Waals surface area contributed by atoms with E-state index in [4.69, 9.17) is 4.74 Å². The Balaban J connectivity index is 0.000000114. The highest BCUT2D eigenvalue weighted by atomic mass is 19.4. The van der Waals surface area contributed by atoms with Crippen LogP contribution in [0.4, 0.5) is 19.0 Å². The lowest BCUT2D eigenvalue weighted by atomic mass is 9.99. The molecule has 1 saturated carbocycles. The number of nitrogens with one attached hydrogen (secondary N) is 8. The first-order chi connectivity index (χ1) is 62.3. The molecule has 17 aromatic rings. The molecule has 3 unspecified atom stereocenters. The van der Waals surface area contributed by atoms with Gasteiger partial charge in [-0.25, -0.2) is 29.9 Å². The van der Waals surface area contributed by atoms with Crippen LogP contribution < -0.4 is 10.6 Å². The number of rotatable bonds is 18. The van der Waals surface area contributed by atoms with Crippen molar-refractivity contribution in [3.05, 3.63) is 301 Å². The molecule has 14 heterocycles. The third-order valence-corrected chi connectivity index (χ3v) is 23.0. The molecule has 26 nitrogen and oxygen atoms in total. The normalized spacial score (nSPS) is 15.6. The number of anilines is 1. The molecule has 3 aliphatic heterocycles. The van der Waals surface area contributed by atoms with Crippen molar-refractivity contribution in [2.24, 2.45) is 5.92 Å². The Labute approximate surface area is 732 Å². The van der Waals surface area contributed by atoms with Gasteiger partial charge >= 0.3 is 6.18 Å². The summed E-state index contributed by atoms with van der Waals surface area (Å²) in [5, 5.41) is 24.7. The van der Waals surface area contributed by atoms with Crippen LogP contribution in [0.25, 0.3) is 111 Å². The van der Waals surface area contributed by atoms with Crippen molar-refractivity contribution in [3.8, 4) is 56.4 Å². The van der Waals surface area contributed by atoms with E-state index >= 15 is 0 Å². The first-order valence-electron chi connectivity index (χ1n) is 42.7. The second kappa shape index (κ2) is 38.5. The number of alkyl halides is 3. The van der Waals surface area contributed by atoms with Crippen LogP contribution in [0, 0.1) is 5.92 Å². The van der Waals surface area contributed by atoms with E-state index in [1.165, 1.54) is 43.9 Å². The topological polar surface area (TPSA) is 353 Å². The van der Waals surface area contributed by atoms with Gasteiger partial charge in [-0.3, -0.25) is 28.8 Å². The molecule has 29 heteroatoms. The fraction of sp³-hybridized carbons (Fsp3) is 0.222. The standard InChI is InChI=1S/C25H20F3N5O2.C20H21N3O2.C20H20N2O.C18H17N3O.C16H12N6O/c26-25(27,28)17-4-1-14(2-5-17)11-21(34)20-13-22(31-19-8-10-30-24(19)35)33-23(32-20)16-3-6-18-15(12-16)7-9-29-18;1-13-11-23(12-14(2)25-13)20(24)19-5-3-4-18(22-19)15-6-7-17-16(10-15)8-9-21-17;23-20(12-14-4-1-2-5-14)19-7-3-6-18(22-19)15-8-9-17-16(13-15)10-11-21-17;22-18(21-10-1-2-11-21)17-5-3-4-16(20-17)13-6-7-15-14(12-13)8-9-19-15;23-15(9-16-19-21-22-20-16)14-3-1-2-13(18-14)10-4-5-12-11(8-10)6-7-17-12/h1-7,9,12-13,19,29H,8,10-11H2,(H,30,35)(H,31,32,33);3-10,13-14,21H,11-12H2,1-2H3;3,6-11,13-14,21H,1-2,4-5,12H2;3-9,12,19H,1-2,10-11H2;1-8,17H,9H2,(H,19,20,21,22). The van der Waals surface area contributed by atoms with Crippen LogP contribution in [-0.4, -0.2) is 171 Å². The number of amides is 3. The maximum Gasteiger partial charge on any atom is 0.416 e. The number of aromatic nitrogens is 15. The lowest BCUT2D eigenvalue weighted by Gasteiger charge is -2.35.